The maximum absolute atomic E-state index is 0. The fourth-order valence-electron chi connectivity index (χ4n) is 0. The van der Waals surface area contributed by atoms with Gasteiger partial charge in [0.05, 0.1) is 0 Å². The normalized spacial score (nSPS) is 0. The third kappa shape index (κ3) is 10.5. The van der Waals surface area contributed by atoms with E-state index >= 15 is 0 Å². The number of hydrogen-bond acceptors (Lipinski definition) is 0. The predicted molar refractivity (Wildman–Crippen MR) is 10.3 cm³/mol. The van der Waals surface area contributed by atoms with E-state index in [1.165, 1.54) is 0 Å². The van der Waals surface area contributed by atoms with Crippen molar-refractivity contribution in [2.75, 3.05) is 0 Å². The van der Waals surface area contributed by atoms with Gasteiger partial charge in [-0.2, -0.15) is 0 Å². The summed E-state index contributed by atoms with van der Waals surface area (Å²) in [6.45, 7) is 0. The molecule has 3 heteroatoms. The van der Waals surface area contributed by atoms with E-state index in [4.69, 9.17) is 0 Å². The molecule has 0 saturated heterocycles. The molecule has 1 nitrogen and oxygen atoms in total. The Morgan fingerprint density at radius 3 is 1.00 bits per heavy atom. The van der Waals surface area contributed by atoms with E-state index in [-0.39, 0.29) is 54.9 Å². The summed E-state index contributed by atoms with van der Waals surface area (Å²) >= 11 is 0. The van der Waals surface area contributed by atoms with Gasteiger partial charge in [-0.15, -0.1) is 0 Å². The van der Waals surface area contributed by atoms with Crippen molar-refractivity contribution >= 4 is 0 Å². The SMILES string of the molecule is C.O.[Cl-].[Na+]. The van der Waals surface area contributed by atoms with E-state index < -0.39 is 0 Å². The maximum atomic E-state index is 0. The van der Waals surface area contributed by atoms with Crippen molar-refractivity contribution in [2.24, 2.45) is 0 Å². The molecule has 0 rings (SSSR count). The van der Waals surface area contributed by atoms with Gasteiger partial charge in [0.2, 0.25) is 0 Å². The van der Waals surface area contributed by atoms with Gasteiger partial charge in [-0.05, 0) is 0 Å². The predicted octanol–water partition coefficient (Wildman–Crippen LogP) is -6.18. The first-order chi connectivity index (χ1) is 0. The van der Waals surface area contributed by atoms with Crippen LogP contribution in [-0.4, -0.2) is 5.48 Å². The van der Waals surface area contributed by atoms with Crippen molar-refractivity contribution in [1.29, 1.82) is 0 Å². The average Bonchev–Trinajstić information content (AvgIpc) is 0. The van der Waals surface area contributed by atoms with Gasteiger partial charge >= 0.3 is 29.6 Å². The molecule has 0 aliphatic rings. The monoisotopic (exact) mass is 92.0 g/mol. The zero-order valence-electron chi connectivity index (χ0n) is 1.88. The molecule has 0 aromatic rings. The van der Waals surface area contributed by atoms with Crippen LogP contribution in [0.15, 0.2) is 0 Å². The van der Waals surface area contributed by atoms with Crippen molar-refractivity contribution in [2.45, 2.75) is 7.43 Å². The summed E-state index contributed by atoms with van der Waals surface area (Å²) in [6, 6.07) is 0. The molecule has 0 aliphatic carbocycles. The van der Waals surface area contributed by atoms with Crippen LogP contribution < -0.4 is 42.0 Å². The van der Waals surface area contributed by atoms with Crippen LogP contribution in [0, 0.1) is 0 Å². The van der Waals surface area contributed by atoms with Crippen LogP contribution >= 0.6 is 0 Å². The Bertz CT molecular complexity index is 8.00. The Morgan fingerprint density at radius 2 is 1.00 bits per heavy atom. The molecule has 0 unspecified atom stereocenters. The van der Waals surface area contributed by atoms with Gasteiger partial charge in [-0.25, -0.2) is 0 Å². The van der Waals surface area contributed by atoms with Gasteiger partial charge in [0.1, 0.15) is 0 Å². The third-order valence-corrected chi connectivity index (χ3v) is 0. The second-order valence-corrected chi connectivity index (χ2v) is 0. The number of hydrogen-bond donors (Lipinski definition) is 0. The van der Waals surface area contributed by atoms with Crippen LogP contribution in [0.25, 0.3) is 0 Å². The number of rotatable bonds is 0. The molecule has 24 valence electrons. The molecule has 0 aliphatic heterocycles. The van der Waals surface area contributed by atoms with Crippen molar-refractivity contribution in [1.82, 2.24) is 0 Å². The summed E-state index contributed by atoms with van der Waals surface area (Å²) in [5.41, 5.74) is 0. The Kier molecular flexibility index (Phi) is 436. The molecule has 0 aromatic heterocycles. The molecule has 0 radical (unpaired) electrons. The van der Waals surface area contributed by atoms with Crippen LogP contribution in [0.2, 0.25) is 0 Å². The van der Waals surface area contributed by atoms with Crippen molar-refractivity contribution in [3.63, 3.8) is 0 Å². The van der Waals surface area contributed by atoms with E-state index in [2.05, 4.69) is 0 Å². The summed E-state index contributed by atoms with van der Waals surface area (Å²) in [6.07, 6.45) is 0. The Balaban J connectivity index is 0. The molecule has 0 saturated carbocycles. The van der Waals surface area contributed by atoms with Crippen molar-refractivity contribution in [3.05, 3.63) is 0 Å². The first-order valence-corrected chi connectivity index (χ1v) is 0. The van der Waals surface area contributed by atoms with Gasteiger partial charge in [0.15, 0.2) is 0 Å². The van der Waals surface area contributed by atoms with E-state index in [1.54, 1.807) is 0 Å². The quantitative estimate of drug-likeness (QED) is 0.267. The van der Waals surface area contributed by atoms with Crippen LogP contribution in [0.5, 0.6) is 0 Å². The third-order valence-electron chi connectivity index (χ3n) is 0. The first kappa shape index (κ1) is 60.7. The van der Waals surface area contributed by atoms with E-state index in [0.29, 0.717) is 0 Å². The molecule has 0 fully saturated rings. The van der Waals surface area contributed by atoms with Crippen LogP contribution in [0.1, 0.15) is 7.43 Å². The fraction of sp³-hybridized carbons (Fsp3) is 1.00. The molecule has 0 atom stereocenters. The van der Waals surface area contributed by atoms with Gasteiger partial charge < -0.3 is 17.9 Å². The summed E-state index contributed by atoms with van der Waals surface area (Å²) < 4.78 is 0. The molecule has 2 N–H and O–H groups in total. The zero-order valence-corrected chi connectivity index (χ0v) is 4.63. The van der Waals surface area contributed by atoms with Crippen LogP contribution in [0.4, 0.5) is 0 Å². The molecule has 4 heavy (non-hydrogen) atoms. The molecule has 0 amide bonds. The fourth-order valence-corrected chi connectivity index (χ4v) is 0. The molecule has 0 spiro atoms. The molecule has 0 bridgehead atoms. The van der Waals surface area contributed by atoms with Crippen molar-refractivity contribution < 1.29 is 47.4 Å². The second-order valence-electron chi connectivity index (χ2n) is 0. The minimum atomic E-state index is 0. The van der Waals surface area contributed by atoms with Crippen LogP contribution in [-0.2, 0) is 0 Å². The Hall–Kier alpha value is 1.25. The standard InChI is InChI=1S/CH4.ClH.Na.H2O/h1H4;1H;;1H2/q;;+1;/p-1. The Labute approximate surface area is 54.8 Å². The van der Waals surface area contributed by atoms with Crippen molar-refractivity contribution in [3.8, 4) is 0 Å². The first-order valence-electron chi connectivity index (χ1n) is 0. The Morgan fingerprint density at radius 1 is 1.00 bits per heavy atom. The average molecular weight is 92.5 g/mol. The van der Waals surface area contributed by atoms with E-state index in [1.807, 2.05) is 0 Å². The van der Waals surface area contributed by atoms with Gasteiger partial charge in [-0.3, -0.25) is 0 Å². The smallest absolute Gasteiger partial charge is 1.00 e. The summed E-state index contributed by atoms with van der Waals surface area (Å²) in [4.78, 5) is 0. The van der Waals surface area contributed by atoms with Gasteiger partial charge in [0.25, 0.3) is 0 Å². The van der Waals surface area contributed by atoms with Gasteiger partial charge in [0, 0.05) is 0 Å². The molecule has 0 heterocycles. The molecule has 0 aromatic carbocycles. The second kappa shape index (κ2) is 28.7. The van der Waals surface area contributed by atoms with Crippen LogP contribution in [0.3, 0.4) is 0 Å². The number of halogens is 1. The maximum Gasteiger partial charge on any atom is 1.00 e. The van der Waals surface area contributed by atoms with Gasteiger partial charge in [-0.1, -0.05) is 7.43 Å². The zero-order chi connectivity index (χ0) is 0. The van der Waals surface area contributed by atoms with E-state index in [0.717, 1.165) is 0 Å². The summed E-state index contributed by atoms with van der Waals surface area (Å²) in [5.74, 6) is 0. The molecular weight excluding hydrogens is 86.5 g/mol. The summed E-state index contributed by atoms with van der Waals surface area (Å²) in [7, 11) is 0. The summed E-state index contributed by atoms with van der Waals surface area (Å²) in [5, 5.41) is 0. The topological polar surface area (TPSA) is 31.5 Å². The van der Waals surface area contributed by atoms with E-state index in [9.17, 15) is 0 Å². The minimum Gasteiger partial charge on any atom is -1.00 e. The minimum absolute atomic E-state index is 0. The molecular formula is CH6ClNaO. The largest absolute Gasteiger partial charge is 1.00 e.